The van der Waals surface area contributed by atoms with Crippen LogP contribution >= 0.6 is 34.8 Å². The highest BCUT2D eigenvalue weighted by atomic mass is 35.5. The number of likely N-dealkylation sites (N-methyl/N-ethyl adjacent to an activating group) is 1. The van der Waals surface area contributed by atoms with Crippen molar-refractivity contribution < 1.29 is 27.2 Å². The van der Waals surface area contributed by atoms with E-state index in [1.165, 1.54) is 23.2 Å². The molecule has 1 saturated heterocycles. The van der Waals surface area contributed by atoms with E-state index in [0.717, 1.165) is 16.7 Å². The fraction of sp³-hybridized carbons (Fsp3) is 0.273. The largest absolute Gasteiger partial charge is 0.487 e. The summed E-state index contributed by atoms with van der Waals surface area (Å²) in [5, 5.41) is 2.43. The highest BCUT2D eigenvalue weighted by molar-refractivity contribution is 6.50. The lowest BCUT2D eigenvalue weighted by Gasteiger charge is -2.40. The third-order valence-electron chi connectivity index (χ3n) is 5.82. The van der Waals surface area contributed by atoms with Crippen molar-refractivity contribution in [2.75, 3.05) is 13.6 Å². The Morgan fingerprint density at radius 2 is 1.84 bits per heavy atom. The van der Waals surface area contributed by atoms with Crippen LogP contribution in [0.5, 0.6) is 5.75 Å². The number of aromatic nitrogens is 4. The van der Waals surface area contributed by atoms with E-state index in [0.29, 0.717) is 5.56 Å². The number of halogens is 6. The average Bonchev–Trinajstić information content (AvgIpc) is 3.46. The van der Waals surface area contributed by atoms with E-state index in [1.54, 1.807) is 7.05 Å². The molecule has 1 unspecified atom stereocenters. The predicted molar refractivity (Wildman–Crippen MR) is 135 cm³/mol. The number of imidazole rings is 1. The first kappa shape index (κ1) is 26.7. The zero-order chi connectivity index (χ0) is 27.6. The number of amides is 1. The molecule has 1 atom stereocenters. The Morgan fingerprint density at radius 3 is 2.53 bits per heavy atom. The quantitative estimate of drug-likeness (QED) is 0.313. The first-order valence-corrected chi connectivity index (χ1v) is 12.0. The Kier molecular flexibility index (Phi) is 6.60. The van der Waals surface area contributed by atoms with Gasteiger partial charge >= 0.3 is 6.18 Å². The number of alkyl halides is 3. The lowest BCUT2D eigenvalue weighted by atomic mass is 9.50. The van der Waals surface area contributed by atoms with Gasteiger partial charge in [-0.05, 0) is 23.8 Å². The number of ether oxygens (including phenoxy) is 1. The molecular weight excluding hydrogens is 567 g/mol. The summed E-state index contributed by atoms with van der Waals surface area (Å²) in [7, 11) is 13.3. The summed E-state index contributed by atoms with van der Waals surface area (Å²) in [6.07, 6.45) is -2.94. The van der Waals surface area contributed by atoms with Crippen molar-refractivity contribution in [2.45, 2.75) is 23.9 Å². The Bertz CT molecular complexity index is 1580. The van der Waals surface area contributed by atoms with Crippen molar-refractivity contribution in [3.8, 4) is 28.7 Å². The minimum atomic E-state index is -4.59. The van der Waals surface area contributed by atoms with Gasteiger partial charge in [0.2, 0.25) is 11.7 Å². The van der Waals surface area contributed by atoms with Crippen LogP contribution in [0.2, 0.25) is 20.3 Å². The normalized spacial score (nSPS) is 17.8. The fourth-order valence-corrected chi connectivity index (χ4v) is 4.78. The minimum absolute atomic E-state index is 0.0449. The van der Waals surface area contributed by atoms with Gasteiger partial charge in [0.1, 0.15) is 17.5 Å². The molecule has 1 aromatic carbocycles. The smallest absolute Gasteiger partial charge is 0.417 e. The number of piperidine rings is 1. The van der Waals surface area contributed by atoms with E-state index in [-0.39, 0.29) is 56.8 Å². The zero-order valence-electron chi connectivity index (χ0n) is 19.3. The number of likely N-dealkylation sites (tertiary alicyclic amines) is 1. The van der Waals surface area contributed by atoms with E-state index >= 15 is 0 Å². The highest BCUT2D eigenvalue weighted by Crippen LogP contribution is 2.39. The highest BCUT2D eigenvalue weighted by Gasteiger charge is 2.39. The molecule has 5 rings (SSSR count). The first-order chi connectivity index (χ1) is 17.7. The maximum absolute atomic E-state index is 13.1. The molecule has 1 amide bonds. The van der Waals surface area contributed by atoms with Gasteiger partial charge in [0.25, 0.3) is 5.89 Å². The molecule has 192 valence electrons. The van der Waals surface area contributed by atoms with Crippen LogP contribution in [0.15, 0.2) is 35.1 Å². The molecule has 4 heterocycles. The van der Waals surface area contributed by atoms with E-state index in [4.69, 9.17) is 59.8 Å². The summed E-state index contributed by atoms with van der Waals surface area (Å²) in [5.41, 5.74) is -0.478. The first-order valence-electron chi connectivity index (χ1n) is 10.8. The number of hydrogen-bond acceptors (Lipinski definition) is 6. The van der Waals surface area contributed by atoms with Gasteiger partial charge in [0, 0.05) is 31.1 Å². The van der Waals surface area contributed by atoms with Crippen LogP contribution in [0.3, 0.4) is 0 Å². The minimum Gasteiger partial charge on any atom is -0.487 e. The third-order valence-corrected chi connectivity index (χ3v) is 6.71. The van der Waals surface area contributed by atoms with Crippen LogP contribution < -0.4 is 4.74 Å². The summed E-state index contributed by atoms with van der Waals surface area (Å²) in [6.45, 7) is 0.242. The van der Waals surface area contributed by atoms with Crippen molar-refractivity contribution in [1.29, 1.82) is 0 Å². The summed E-state index contributed by atoms with van der Waals surface area (Å²) >= 11 is 18.9. The standard InChI is InChI=1S/C22H13B2Cl3F3N5O3/c1-34-7-10(5-21(23,24)20(34)36)37-16-4-12(25)11(3-13(16)26)17-32-19(38-33-17)15-8-35-6-9(22(28,29)30)2-14(27)18(35)31-15/h2-4,6,8,10H,5,7H2,1H3. The second kappa shape index (κ2) is 9.39. The van der Waals surface area contributed by atoms with Crippen LogP contribution in [0.25, 0.3) is 28.6 Å². The third kappa shape index (κ3) is 4.94. The van der Waals surface area contributed by atoms with E-state index in [2.05, 4.69) is 15.1 Å². The average molecular weight is 580 g/mol. The Morgan fingerprint density at radius 1 is 1.11 bits per heavy atom. The molecule has 0 N–H and O–H groups in total. The van der Waals surface area contributed by atoms with Crippen LogP contribution in [-0.4, -0.2) is 65.7 Å². The maximum Gasteiger partial charge on any atom is 0.417 e. The lowest BCUT2D eigenvalue weighted by Crippen LogP contribution is -2.51. The van der Waals surface area contributed by atoms with Crippen molar-refractivity contribution in [3.63, 3.8) is 0 Å². The van der Waals surface area contributed by atoms with Crippen LogP contribution in [-0.2, 0) is 11.0 Å². The molecule has 1 aliphatic rings. The van der Waals surface area contributed by atoms with E-state index in [1.807, 2.05) is 0 Å². The molecule has 1 fully saturated rings. The van der Waals surface area contributed by atoms with Crippen LogP contribution in [0.1, 0.15) is 12.0 Å². The van der Waals surface area contributed by atoms with Gasteiger partial charge in [0.15, 0.2) is 5.65 Å². The second-order valence-corrected chi connectivity index (χ2v) is 10.0. The molecule has 3 aromatic heterocycles. The molecule has 0 bridgehead atoms. The number of hydrogen-bond donors (Lipinski definition) is 0. The predicted octanol–water partition coefficient (Wildman–Crippen LogP) is 5.09. The number of benzene rings is 1. The Labute approximate surface area is 230 Å². The number of carbonyl (C=O) groups is 1. The molecule has 1 aliphatic heterocycles. The molecule has 0 saturated carbocycles. The molecule has 38 heavy (non-hydrogen) atoms. The SMILES string of the molecule is [B]C1([B])CC(Oc2cc(Cl)c(-c3noc(-c4cn5cc(C(F)(F)F)cc(Cl)c5n4)n3)cc2Cl)CN(C)C1=O. The van der Waals surface area contributed by atoms with E-state index < -0.39 is 29.0 Å². The number of pyridine rings is 1. The molecule has 4 aromatic rings. The molecular formula is C22H13B2Cl3F3N5O3. The van der Waals surface area contributed by atoms with Gasteiger partial charge in [0.05, 0.1) is 42.9 Å². The lowest BCUT2D eigenvalue weighted by molar-refractivity contribution is -0.138. The topological polar surface area (TPSA) is 85.8 Å². The molecule has 0 aliphatic carbocycles. The Balaban J connectivity index is 1.41. The van der Waals surface area contributed by atoms with Crippen molar-refractivity contribution >= 4 is 62.0 Å². The van der Waals surface area contributed by atoms with Gasteiger partial charge in [-0.25, -0.2) is 4.98 Å². The number of nitrogens with zero attached hydrogens (tertiary/aromatic N) is 5. The number of carbonyl (C=O) groups excluding carboxylic acids is 1. The second-order valence-electron chi connectivity index (χ2n) is 8.79. The van der Waals surface area contributed by atoms with Gasteiger partial charge in [-0.3, -0.25) is 4.79 Å². The monoisotopic (exact) mass is 579 g/mol. The Hall–Kier alpha value is -2.89. The van der Waals surface area contributed by atoms with E-state index in [9.17, 15) is 18.0 Å². The van der Waals surface area contributed by atoms with Crippen molar-refractivity contribution in [1.82, 2.24) is 24.4 Å². The summed E-state index contributed by atoms with van der Waals surface area (Å²) < 4.78 is 51.7. The van der Waals surface area contributed by atoms with Gasteiger partial charge in [-0.2, -0.15) is 18.2 Å². The van der Waals surface area contributed by atoms with Gasteiger partial charge in [-0.15, -0.1) is 0 Å². The molecule has 0 spiro atoms. The van der Waals surface area contributed by atoms with Gasteiger partial charge in [-0.1, -0.05) is 40.0 Å². The van der Waals surface area contributed by atoms with Crippen LogP contribution in [0.4, 0.5) is 13.2 Å². The van der Waals surface area contributed by atoms with Crippen molar-refractivity contribution in [3.05, 3.63) is 51.2 Å². The maximum atomic E-state index is 13.1. The molecule has 8 nitrogen and oxygen atoms in total. The van der Waals surface area contributed by atoms with Crippen molar-refractivity contribution in [2.24, 2.45) is 0 Å². The summed E-state index contributed by atoms with van der Waals surface area (Å²) in [6, 6.07) is 3.69. The number of fused-ring (bicyclic) bond motifs is 1. The molecule has 16 heteroatoms. The number of rotatable bonds is 4. The van der Waals surface area contributed by atoms with Crippen LogP contribution in [0, 0.1) is 0 Å². The summed E-state index contributed by atoms with van der Waals surface area (Å²) in [4.78, 5) is 21.9. The fourth-order valence-electron chi connectivity index (χ4n) is 4.07. The van der Waals surface area contributed by atoms with Gasteiger partial charge < -0.3 is 18.6 Å². The zero-order valence-corrected chi connectivity index (χ0v) is 21.5. The summed E-state index contributed by atoms with van der Waals surface area (Å²) in [5.74, 6) is -0.219. The molecule has 4 radical (unpaired) electrons.